The van der Waals surface area contributed by atoms with Gasteiger partial charge in [0.2, 0.25) is 5.91 Å². The number of nitrogens with one attached hydrogen (secondary N) is 1. The molecule has 0 spiro atoms. The van der Waals surface area contributed by atoms with Crippen LogP contribution in [0.5, 0.6) is 0 Å². The van der Waals surface area contributed by atoms with Crippen molar-refractivity contribution in [2.45, 2.75) is 26.7 Å². The summed E-state index contributed by atoms with van der Waals surface area (Å²) in [4.78, 5) is 11.3. The van der Waals surface area contributed by atoms with Gasteiger partial charge in [0.15, 0.2) is 0 Å². The number of hydrogen-bond donors (Lipinski definition) is 1. The van der Waals surface area contributed by atoms with E-state index in [1.807, 2.05) is 6.26 Å². The second kappa shape index (κ2) is 7.57. The van der Waals surface area contributed by atoms with Gasteiger partial charge in [0.1, 0.15) is 0 Å². The maximum Gasteiger partial charge on any atom is 0.230 e. The van der Waals surface area contributed by atoms with Gasteiger partial charge in [-0.25, -0.2) is 0 Å². The van der Waals surface area contributed by atoms with E-state index in [2.05, 4.69) is 35.1 Å². The quantitative estimate of drug-likeness (QED) is 0.727. The highest BCUT2D eigenvalue weighted by molar-refractivity contribution is 9.09. The van der Waals surface area contributed by atoms with Crippen molar-refractivity contribution < 1.29 is 4.79 Å². The highest BCUT2D eigenvalue weighted by Crippen LogP contribution is 2.27. The number of thioether (sulfide) groups is 1. The van der Waals surface area contributed by atoms with E-state index in [4.69, 9.17) is 0 Å². The summed E-state index contributed by atoms with van der Waals surface area (Å²) in [7, 11) is 0. The van der Waals surface area contributed by atoms with Crippen LogP contribution >= 0.6 is 27.7 Å². The number of alkyl halides is 1. The molecular formula is C10H20BrNOS. The zero-order chi connectivity index (χ0) is 11.0. The average Bonchev–Trinajstić information content (AvgIpc) is 2.21. The molecule has 0 aliphatic carbocycles. The Kier molecular flexibility index (Phi) is 7.74. The summed E-state index contributed by atoms with van der Waals surface area (Å²) in [5.74, 6) is 0.705. The SMILES string of the molecule is CCC(CC)(CBr)CNC(=O)CSC. The average molecular weight is 282 g/mol. The fourth-order valence-electron chi connectivity index (χ4n) is 1.20. The van der Waals surface area contributed by atoms with Gasteiger partial charge >= 0.3 is 0 Å². The summed E-state index contributed by atoms with van der Waals surface area (Å²) < 4.78 is 0. The van der Waals surface area contributed by atoms with E-state index in [-0.39, 0.29) is 11.3 Å². The van der Waals surface area contributed by atoms with Crippen LogP contribution in [0, 0.1) is 5.41 Å². The lowest BCUT2D eigenvalue weighted by Crippen LogP contribution is -2.38. The molecule has 0 aliphatic heterocycles. The Morgan fingerprint density at radius 3 is 2.36 bits per heavy atom. The molecule has 0 fully saturated rings. The molecule has 0 unspecified atom stereocenters. The van der Waals surface area contributed by atoms with Crippen molar-refractivity contribution in [3.05, 3.63) is 0 Å². The molecule has 0 atom stereocenters. The largest absolute Gasteiger partial charge is 0.355 e. The lowest BCUT2D eigenvalue weighted by atomic mass is 9.84. The van der Waals surface area contributed by atoms with Crippen molar-refractivity contribution >= 4 is 33.6 Å². The Labute approximate surface area is 99.7 Å². The number of halogens is 1. The molecule has 84 valence electrons. The molecule has 0 radical (unpaired) electrons. The topological polar surface area (TPSA) is 29.1 Å². The molecular weight excluding hydrogens is 262 g/mol. The maximum absolute atomic E-state index is 11.3. The summed E-state index contributed by atoms with van der Waals surface area (Å²) in [6.07, 6.45) is 4.12. The molecule has 0 aromatic heterocycles. The molecule has 0 bridgehead atoms. The predicted molar refractivity (Wildman–Crippen MR) is 68.2 cm³/mol. The zero-order valence-electron chi connectivity index (χ0n) is 9.23. The molecule has 0 saturated heterocycles. The Balaban J connectivity index is 3.99. The highest BCUT2D eigenvalue weighted by atomic mass is 79.9. The molecule has 1 amide bonds. The van der Waals surface area contributed by atoms with E-state index in [9.17, 15) is 4.79 Å². The molecule has 14 heavy (non-hydrogen) atoms. The van der Waals surface area contributed by atoms with Crippen LogP contribution in [0.1, 0.15) is 26.7 Å². The van der Waals surface area contributed by atoms with Crippen LogP contribution in [0.2, 0.25) is 0 Å². The van der Waals surface area contributed by atoms with Gasteiger partial charge in [0.05, 0.1) is 5.75 Å². The Bertz CT molecular complexity index is 163. The molecule has 4 heteroatoms. The van der Waals surface area contributed by atoms with Crippen molar-refractivity contribution in [1.29, 1.82) is 0 Å². The first kappa shape index (κ1) is 14.3. The third-order valence-electron chi connectivity index (χ3n) is 2.72. The second-order valence-electron chi connectivity index (χ2n) is 3.55. The van der Waals surface area contributed by atoms with E-state index in [0.29, 0.717) is 5.75 Å². The van der Waals surface area contributed by atoms with Crippen molar-refractivity contribution in [2.24, 2.45) is 5.41 Å². The summed E-state index contributed by atoms with van der Waals surface area (Å²) >= 11 is 5.09. The molecule has 0 rings (SSSR count). The second-order valence-corrected chi connectivity index (χ2v) is 4.98. The van der Waals surface area contributed by atoms with Crippen LogP contribution in [0.3, 0.4) is 0 Å². The molecule has 0 aromatic carbocycles. The maximum atomic E-state index is 11.3. The summed E-state index contributed by atoms with van der Waals surface area (Å²) in [6.45, 7) is 5.13. The van der Waals surface area contributed by atoms with Gasteiger partial charge < -0.3 is 5.32 Å². The minimum Gasteiger partial charge on any atom is -0.355 e. The third kappa shape index (κ3) is 4.69. The molecule has 0 aromatic rings. The van der Waals surface area contributed by atoms with Gasteiger partial charge in [-0.1, -0.05) is 29.8 Å². The molecule has 2 nitrogen and oxygen atoms in total. The standard InChI is InChI=1S/C10H20BrNOS/c1-4-10(5-2,7-11)8-12-9(13)6-14-3/h4-8H2,1-3H3,(H,12,13). The lowest BCUT2D eigenvalue weighted by molar-refractivity contribution is -0.119. The smallest absolute Gasteiger partial charge is 0.230 e. The monoisotopic (exact) mass is 281 g/mol. The molecule has 0 aliphatic rings. The normalized spacial score (nSPS) is 11.4. The molecule has 1 N–H and O–H groups in total. The minimum absolute atomic E-state index is 0.143. The third-order valence-corrected chi connectivity index (χ3v) is 4.46. The van der Waals surface area contributed by atoms with E-state index in [1.54, 1.807) is 11.8 Å². The van der Waals surface area contributed by atoms with E-state index < -0.39 is 0 Å². The molecule has 0 heterocycles. The van der Waals surface area contributed by atoms with Gasteiger partial charge in [-0.05, 0) is 24.5 Å². The van der Waals surface area contributed by atoms with Crippen LogP contribution in [-0.2, 0) is 4.79 Å². The van der Waals surface area contributed by atoms with Gasteiger partial charge in [-0.15, -0.1) is 0 Å². The van der Waals surface area contributed by atoms with Gasteiger partial charge in [0.25, 0.3) is 0 Å². The van der Waals surface area contributed by atoms with E-state index in [0.717, 1.165) is 24.7 Å². The number of carbonyl (C=O) groups is 1. The van der Waals surface area contributed by atoms with Crippen molar-refractivity contribution in [3.63, 3.8) is 0 Å². The van der Waals surface area contributed by atoms with Crippen LogP contribution in [-0.4, -0.2) is 29.8 Å². The lowest BCUT2D eigenvalue weighted by Gasteiger charge is -2.29. The Morgan fingerprint density at radius 1 is 1.43 bits per heavy atom. The van der Waals surface area contributed by atoms with Crippen molar-refractivity contribution in [3.8, 4) is 0 Å². The summed E-state index contributed by atoms with van der Waals surface area (Å²) in [6, 6.07) is 0. The first-order valence-corrected chi connectivity index (χ1v) is 7.47. The summed E-state index contributed by atoms with van der Waals surface area (Å²) in [5, 5.41) is 3.94. The minimum atomic E-state index is 0.143. The first-order chi connectivity index (χ1) is 6.64. The van der Waals surface area contributed by atoms with E-state index >= 15 is 0 Å². The first-order valence-electron chi connectivity index (χ1n) is 4.95. The Hall–Kier alpha value is 0.300. The Morgan fingerprint density at radius 2 is 2.00 bits per heavy atom. The number of rotatable bonds is 7. The van der Waals surface area contributed by atoms with Gasteiger partial charge in [-0.2, -0.15) is 11.8 Å². The van der Waals surface area contributed by atoms with Crippen molar-refractivity contribution in [1.82, 2.24) is 5.32 Å². The number of amides is 1. The number of hydrogen-bond acceptors (Lipinski definition) is 2. The van der Waals surface area contributed by atoms with Crippen LogP contribution < -0.4 is 5.32 Å². The fraction of sp³-hybridized carbons (Fsp3) is 0.900. The van der Waals surface area contributed by atoms with Gasteiger partial charge in [-0.3, -0.25) is 4.79 Å². The van der Waals surface area contributed by atoms with Gasteiger partial charge in [0, 0.05) is 11.9 Å². The molecule has 0 saturated carbocycles. The number of carbonyl (C=O) groups excluding carboxylic acids is 1. The van der Waals surface area contributed by atoms with Crippen LogP contribution in [0.25, 0.3) is 0 Å². The predicted octanol–water partition coefficient (Wildman–Crippen LogP) is 2.67. The summed E-state index contributed by atoms with van der Waals surface area (Å²) in [5.41, 5.74) is 0.230. The zero-order valence-corrected chi connectivity index (χ0v) is 11.6. The van der Waals surface area contributed by atoms with Crippen LogP contribution in [0.4, 0.5) is 0 Å². The fourth-order valence-corrected chi connectivity index (χ4v) is 2.56. The van der Waals surface area contributed by atoms with E-state index in [1.165, 1.54) is 0 Å². The van der Waals surface area contributed by atoms with Crippen LogP contribution in [0.15, 0.2) is 0 Å². The van der Waals surface area contributed by atoms with Crippen molar-refractivity contribution in [2.75, 3.05) is 23.9 Å². The highest BCUT2D eigenvalue weighted by Gasteiger charge is 2.24.